The van der Waals surface area contributed by atoms with Crippen LogP contribution in [0.1, 0.15) is 13.8 Å². The monoisotopic (exact) mass is 166 g/mol. The molecule has 0 spiro atoms. The van der Waals surface area contributed by atoms with E-state index in [0.29, 0.717) is 6.04 Å². The molecule has 1 aliphatic heterocycles. The highest BCUT2D eigenvalue weighted by Crippen LogP contribution is 2.05. The molecule has 1 unspecified atom stereocenters. The van der Waals surface area contributed by atoms with Crippen LogP contribution in [0.15, 0.2) is 24.4 Å². The summed E-state index contributed by atoms with van der Waals surface area (Å²) >= 11 is 0. The molecule has 1 saturated heterocycles. The van der Waals surface area contributed by atoms with Gasteiger partial charge in [-0.25, -0.2) is 0 Å². The van der Waals surface area contributed by atoms with E-state index in [2.05, 4.69) is 48.5 Å². The van der Waals surface area contributed by atoms with Gasteiger partial charge in [0.05, 0.1) is 6.04 Å². The third kappa shape index (κ3) is 2.38. The van der Waals surface area contributed by atoms with Crippen molar-refractivity contribution in [2.24, 2.45) is 0 Å². The fourth-order valence-electron chi connectivity index (χ4n) is 1.52. The molecule has 2 nitrogen and oxygen atoms in total. The lowest BCUT2D eigenvalue weighted by Gasteiger charge is -2.33. The van der Waals surface area contributed by atoms with Gasteiger partial charge < -0.3 is 10.2 Å². The molecule has 12 heavy (non-hydrogen) atoms. The van der Waals surface area contributed by atoms with Crippen molar-refractivity contribution >= 4 is 0 Å². The van der Waals surface area contributed by atoms with Crippen molar-refractivity contribution < 1.29 is 0 Å². The van der Waals surface area contributed by atoms with Crippen molar-refractivity contribution in [1.29, 1.82) is 0 Å². The van der Waals surface area contributed by atoms with E-state index in [9.17, 15) is 0 Å². The fraction of sp³-hybridized carbons (Fsp3) is 0.600. The summed E-state index contributed by atoms with van der Waals surface area (Å²) in [5.41, 5.74) is 0. The van der Waals surface area contributed by atoms with E-state index < -0.39 is 0 Å². The Morgan fingerprint density at radius 2 is 2.17 bits per heavy atom. The van der Waals surface area contributed by atoms with Crippen LogP contribution in [0.2, 0.25) is 0 Å². The highest BCUT2D eigenvalue weighted by molar-refractivity contribution is 5.00. The minimum absolute atomic E-state index is 0.542. The number of rotatable bonds is 2. The number of nitrogens with one attached hydrogen (secondary N) is 1. The second-order valence-electron chi connectivity index (χ2n) is 3.02. The van der Waals surface area contributed by atoms with Gasteiger partial charge in [0.2, 0.25) is 0 Å². The number of hydrogen-bond donors (Lipinski definition) is 1. The van der Waals surface area contributed by atoms with Gasteiger partial charge in [-0.3, -0.25) is 0 Å². The normalized spacial score (nSPS) is 25.8. The summed E-state index contributed by atoms with van der Waals surface area (Å²) in [5, 5.41) is 3.38. The largest absolute Gasteiger partial charge is 0.369 e. The maximum atomic E-state index is 3.38. The lowest BCUT2D eigenvalue weighted by Crippen LogP contribution is -2.47. The second-order valence-corrected chi connectivity index (χ2v) is 3.02. The second kappa shape index (κ2) is 4.99. The van der Waals surface area contributed by atoms with Crippen LogP contribution in [0.4, 0.5) is 0 Å². The number of allylic oxidation sites excluding steroid dienone is 2. The SMILES string of the molecule is CC=CC1CNCCN1C=CC. The van der Waals surface area contributed by atoms with Gasteiger partial charge in [-0.1, -0.05) is 18.2 Å². The van der Waals surface area contributed by atoms with Gasteiger partial charge in [0.1, 0.15) is 0 Å². The first-order valence-electron chi connectivity index (χ1n) is 4.60. The summed E-state index contributed by atoms with van der Waals surface area (Å²) in [4.78, 5) is 2.37. The number of nitrogens with zero attached hydrogens (tertiary/aromatic N) is 1. The molecule has 0 aromatic rings. The Bertz CT molecular complexity index is 153. The van der Waals surface area contributed by atoms with Crippen LogP contribution in [-0.4, -0.2) is 30.6 Å². The summed E-state index contributed by atoms with van der Waals surface area (Å²) in [5.74, 6) is 0. The van der Waals surface area contributed by atoms with E-state index in [1.165, 1.54) is 0 Å². The van der Waals surface area contributed by atoms with Gasteiger partial charge in [0, 0.05) is 19.6 Å². The average molecular weight is 166 g/mol. The van der Waals surface area contributed by atoms with Crippen LogP contribution < -0.4 is 5.32 Å². The van der Waals surface area contributed by atoms with E-state index >= 15 is 0 Å². The molecular formula is C10H18N2. The molecule has 68 valence electrons. The Morgan fingerprint density at radius 3 is 2.83 bits per heavy atom. The van der Waals surface area contributed by atoms with E-state index in [4.69, 9.17) is 0 Å². The molecule has 1 N–H and O–H groups in total. The molecule has 1 aliphatic rings. The molecule has 1 rings (SSSR count). The highest BCUT2D eigenvalue weighted by atomic mass is 15.2. The van der Waals surface area contributed by atoms with Crippen LogP contribution in [0.25, 0.3) is 0 Å². The van der Waals surface area contributed by atoms with Crippen molar-refractivity contribution in [2.45, 2.75) is 19.9 Å². The van der Waals surface area contributed by atoms with Gasteiger partial charge in [-0.15, -0.1) is 0 Å². The molecule has 0 bridgehead atoms. The molecular weight excluding hydrogens is 148 g/mol. The van der Waals surface area contributed by atoms with Gasteiger partial charge in [-0.05, 0) is 20.0 Å². The minimum Gasteiger partial charge on any atom is -0.369 e. The quantitative estimate of drug-likeness (QED) is 0.623. The first kappa shape index (κ1) is 9.33. The third-order valence-corrected chi connectivity index (χ3v) is 2.08. The highest BCUT2D eigenvalue weighted by Gasteiger charge is 2.15. The van der Waals surface area contributed by atoms with E-state index in [1.54, 1.807) is 0 Å². The first-order valence-corrected chi connectivity index (χ1v) is 4.60. The van der Waals surface area contributed by atoms with Crippen LogP contribution in [0.3, 0.4) is 0 Å². The Labute approximate surface area is 74.9 Å². The van der Waals surface area contributed by atoms with Crippen LogP contribution in [0.5, 0.6) is 0 Å². The molecule has 0 saturated carbocycles. The first-order chi connectivity index (χ1) is 5.88. The molecule has 1 atom stereocenters. The molecule has 2 heteroatoms. The van der Waals surface area contributed by atoms with E-state index in [1.807, 2.05) is 0 Å². The van der Waals surface area contributed by atoms with E-state index in [-0.39, 0.29) is 0 Å². The standard InChI is InChI=1S/C10H18N2/c1-3-5-10-9-11-6-8-12(10)7-4-2/h3-5,7,10-11H,6,8-9H2,1-2H3. The van der Waals surface area contributed by atoms with Gasteiger partial charge in [-0.2, -0.15) is 0 Å². The zero-order chi connectivity index (χ0) is 8.81. The van der Waals surface area contributed by atoms with Gasteiger partial charge in [0.25, 0.3) is 0 Å². The van der Waals surface area contributed by atoms with Crippen LogP contribution in [-0.2, 0) is 0 Å². The minimum atomic E-state index is 0.542. The molecule has 0 amide bonds. The Kier molecular flexibility index (Phi) is 3.88. The van der Waals surface area contributed by atoms with Crippen molar-refractivity contribution in [3.05, 3.63) is 24.4 Å². The summed E-state index contributed by atoms with van der Waals surface area (Å²) in [6, 6.07) is 0.542. The Balaban J connectivity index is 2.53. The van der Waals surface area contributed by atoms with Gasteiger partial charge in [0.15, 0.2) is 0 Å². The van der Waals surface area contributed by atoms with Gasteiger partial charge >= 0.3 is 0 Å². The smallest absolute Gasteiger partial charge is 0.0592 e. The Hall–Kier alpha value is -0.760. The maximum Gasteiger partial charge on any atom is 0.0592 e. The molecule has 0 aliphatic carbocycles. The molecule has 1 heterocycles. The Morgan fingerprint density at radius 1 is 1.33 bits per heavy atom. The van der Waals surface area contributed by atoms with Crippen LogP contribution in [0, 0.1) is 0 Å². The zero-order valence-corrected chi connectivity index (χ0v) is 7.96. The summed E-state index contributed by atoms with van der Waals surface area (Å²) in [6.45, 7) is 7.41. The van der Waals surface area contributed by atoms with E-state index in [0.717, 1.165) is 19.6 Å². The van der Waals surface area contributed by atoms with Crippen molar-refractivity contribution in [1.82, 2.24) is 10.2 Å². The third-order valence-electron chi connectivity index (χ3n) is 2.08. The molecule has 0 radical (unpaired) electrons. The molecule has 0 aromatic heterocycles. The predicted octanol–water partition coefficient (Wildman–Crippen LogP) is 1.37. The average Bonchev–Trinajstić information content (AvgIpc) is 2.09. The number of hydrogen-bond acceptors (Lipinski definition) is 2. The lowest BCUT2D eigenvalue weighted by molar-refractivity contribution is 0.267. The summed E-state index contributed by atoms with van der Waals surface area (Å²) < 4.78 is 0. The van der Waals surface area contributed by atoms with Crippen molar-refractivity contribution in [2.75, 3.05) is 19.6 Å². The van der Waals surface area contributed by atoms with Crippen LogP contribution >= 0.6 is 0 Å². The molecule has 0 aromatic carbocycles. The number of piperazine rings is 1. The van der Waals surface area contributed by atoms with Crippen molar-refractivity contribution in [3.8, 4) is 0 Å². The summed E-state index contributed by atoms with van der Waals surface area (Å²) in [7, 11) is 0. The maximum absolute atomic E-state index is 3.38. The molecule has 1 fully saturated rings. The topological polar surface area (TPSA) is 15.3 Å². The zero-order valence-electron chi connectivity index (χ0n) is 7.96. The fourth-order valence-corrected chi connectivity index (χ4v) is 1.52. The lowest BCUT2D eigenvalue weighted by atomic mass is 10.2. The summed E-state index contributed by atoms with van der Waals surface area (Å²) in [6.07, 6.45) is 8.63. The van der Waals surface area contributed by atoms with Crippen molar-refractivity contribution in [3.63, 3.8) is 0 Å². The predicted molar refractivity (Wildman–Crippen MR) is 53.0 cm³/mol.